The third-order valence-electron chi connectivity index (χ3n) is 2.51. The van der Waals surface area contributed by atoms with Gasteiger partial charge in [-0.05, 0) is 36.4 Å². The maximum absolute atomic E-state index is 13.0. The lowest BCUT2D eigenvalue weighted by Crippen LogP contribution is -2.30. The van der Waals surface area contributed by atoms with Crippen molar-refractivity contribution in [1.82, 2.24) is 5.32 Å². The van der Waals surface area contributed by atoms with Gasteiger partial charge < -0.3 is 5.32 Å². The average Bonchev–Trinajstić information content (AvgIpc) is 2.28. The summed E-state index contributed by atoms with van der Waals surface area (Å²) in [6.45, 7) is 4.37. The smallest absolute Gasteiger partial charge is 0.141 e. The molecule has 0 amide bonds. The third kappa shape index (κ3) is 5.28. The zero-order valence-electron chi connectivity index (χ0n) is 10.5. The van der Waals surface area contributed by atoms with Gasteiger partial charge in [-0.15, -0.1) is 0 Å². The molecular weight excluding hydrogens is 257 g/mol. The second-order valence-corrected chi connectivity index (χ2v) is 6.34. The van der Waals surface area contributed by atoms with Crippen molar-refractivity contribution in [1.29, 1.82) is 0 Å². The summed E-state index contributed by atoms with van der Waals surface area (Å²) in [5.41, 5.74) is 1.07. The topological polar surface area (TPSA) is 12.0 Å². The van der Waals surface area contributed by atoms with E-state index in [9.17, 15) is 4.39 Å². The summed E-state index contributed by atoms with van der Waals surface area (Å²) in [5.74, 6) is 0.691. The number of rotatable bonds is 6. The Balaban J connectivity index is 2.57. The Bertz CT molecular complexity index is 357. The summed E-state index contributed by atoms with van der Waals surface area (Å²) >= 11 is 7.69. The fourth-order valence-electron chi connectivity index (χ4n) is 1.50. The van der Waals surface area contributed by atoms with E-state index in [-0.39, 0.29) is 10.8 Å². The molecule has 1 unspecified atom stereocenters. The first kappa shape index (κ1) is 14.8. The predicted molar refractivity (Wildman–Crippen MR) is 75.6 cm³/mol. The Hall–Kier alpha value is -0.250. The molecule has 1 atom stereocenters. The van der Waals surface area contributed by atoms with Gasteiger partial charge in [-0.2, -0.15) is 11.8 Å². The van der Waals surface area contributed by atoms with Gasteiger partial charge in [0.15, 0.2) is 0 Å². The van der Waals surface area contributed by atoms with Crippen LogP contribution in [-0.2, 0) is 6.42 Å². The molecule has 1 aromatic carbocycles. The van der Waals surface area contributed by atoms with E-state index >= 15 is 0 Å². The molecular formula is C13H19ClFNS. The standard InChI is InChI=1S/C13H19ClFNS/c1-9(2)17-8-11(16-3)6-10-4-5-13(15)12(14)7-10/h4-5,7,9,11,16H,6,8H2,1-3H3. The van der Waals surface area contributed by atoms with Crippen LogP contribution in [0, 0.1) is 5.82 Å². The van der Waals surface area contributed by atoms with E-state index in [2.05, 4.69) is 19.2 Å². The van der Waals surface area contributed by atoms with Crippen LogP contribution in [0.4, 0.5) is 4.39 Å². The van der Waals surface area contributed by atoms with Crippen molar-refractivity contribution in [3.8, 4) is 0 Å². The van der Waals surface area contributed by atoms with Crippen molar-refractivity contribution < 1.29 is 4.39 Å². The number of hydrogen-bond acceptors (Lipinski definition) is 2. The van der Waals surface area contributed by atoms with Crippen LogP contribution in [-0.4, -0.2) is 24.1 Å². The molecule has 0 aliphatic heterocycles. The van der Waals surface area contributed by atoms with E-state index in [4.69, 9.17) is 11.6 Å². The van der Waals surface area contributed by atoms with Crippen LogP contribution in [0.3, 0.4) is 0 Å². The minimum Gasteiger partial charge on any atom is -0.316 e. The van der Waals surface area contributed by atoms with Gasteiger partial charge in [-0.25, -0.2) is 4.39 Å². The SMILES string of the molecule is CNC(CSC(C)C)Cc1ccc(F)c(Cl)c1. The first-order valence-electron chi connectivity index (χ1n) is 5.75. The summed E-state index contributed by atoms with van der Waals surface area (Å²) in [7, 11) is 1.96. The Kier molecular flexibility index (Phi) is 6.31. The average molecular weight is 276 g/mol. The van der Waals surface area contributed by atoms with Gasteiger partial charge in [-0.3, -0.25) is 0 Å². The van der Waals surface area contributed by atoms with Gasteiger partial charge in [0.05, 0.1) is 5.02 Å². The van der Waals surface area contributed by atoms with Crippen LogP contribution in [0.5, 0.6) is 0 Å². The van der Waals surface area contributed by atoms with Crippen molar-refractivity contribution in [2.24, 2.45) is 0 Å². The molecule has 0 saturated carbocycles. The fraction of sp³-hybridized carbons (Fsp3) is 0.538. The molecule has 0 aliphatic rings. The van der Waals surface area contributed by atoms with Gasteiger partial charge in [0, 0.05) is 11.8 Å². The Labute approximate surface area is 112 Å². The first-order chi connectivity index (χ1) is 8.02. The minimum atomic E-state index is -0.354. The molecule has 1 aromatic rings. The highest BCUT2D eigenvalue weighted by molar-refractivity contribution is 7.99. The Morgan fingerprint density at radius 3 is 2.65 bits per heavy atom. The maximum Gasteiger partial charge on any atom is 0.141 e. The van der Waals surface area contributed by atoms with Crippen LogP contribution in [0.1, 0.15) is 19.4 Å². The Morgan fingerprint density at radius 2 is 2.12 bits per heavy atom. The molecule has 1 N–H and O–H groups in total. The van der Waals surface area contributed by atoms with Gasteiger partial charge >= 0.3 is 0 Å². The van der Waals surface area contributed by atoms with Crippen molar-refractivity contribution in [2.75, 3.05) is 12.8 Å². The largest absolute Gasteiger partial charge is 0.316 e. The van der Waals surface area contributed by atoms with Gasteiger partial charge in [0.25, 0.3) is 0 Å². The van der Waals surface area contributed by atoms with E-state index in [0.717, 1.165) is 17.7 Å². The first-order valence-corrected chi connectivity index (χ1v) is 7.18. The van der Waals surface area contributed by atoms with E-state index in [0.29, 0.717) is 11.3 Å². The number of benzene rings is 1. The maximum atomic E-state index is 13.0. The third-order valence-corrected chi connectivity index (χ3v) is 4.06. The minimum absolute atomic E-state index is 0.203. The highest BCUT2D eigenvalue weighted by atomic mass is 35.5. The van der Waals surface area contributed by atoms with Crippen molar-refractivity contribution >= 4 is 23.4 Å². The summed E-state index contributed by atoms with van der Waals surface area (Å²) in [5, 5.41) is 4.11. The lowest BCUT2D eigenvalue weighted by atomic mass is 10.1. The van der Waals surface area contributed by atoms with Crippen LogP contribution in [0.2, 0.25) is 5.02 Å². The van der Waals surface area contributed by atoms with E-state index in [1.54, 1.807) is 12.1 Å². The quantitative estimate of drug-likeness (QED) is 0.849. The number of thioether (sulfide) groups is 1. The number of likely N-dealkylation sites (N-methyl/N-ethyl adjacent to an activating group) is 1. The molecule has 0 aliphatic carbocycles. The molecule has 1 nitrogen and oxygen atoms in total. The molecule has 0 heterocycles. The Morgan fingerprint density at radius 1 is 1.41 bits per heavy atom. The summed E-state index contributed by atoms with van der Waals surface area (Å²) in [6.07, 6.45) is 0.871. The fourth-order valence-corrected chi connectivity index (χ4v) is 2.61. The summed E-state index contributed by atoms with van der Waals surface area (Å²) in [4.78, 5) is 0. The van der Waals surface area contributed by atoms with E-state index in [1.165, 1.54) is 6.07 Å². The molecule has 0 saturated heterocycles. The van der Waals surface area contributed by atoms with Crippen LogP contribution in [0.25, 0.3) is 0 Å². The molecule has 0 radical (unpaired) electrons. The highest BCUT2D eigenvalue weighted by Gasteiger charge is 2.10. The molecule has 0 bridgehead atoms. The lowest BCUT2D eigenvalue weighted by Gasteiger charge is -2.17. The molecule has 96 valence electrons. The van der Waals surface area contributed by atoms with Crippen molar-refractivity contribution in [3.63, 3.8) is 0 Å². The van der Waals surface area contributed by atoms with Gasteiger partial charge in [0.1, 0.15) is 5.82 Å². The van der Waals surface area contributed by atoms with Crippen molar-refractivity contribution in [3.05, 3.63) is 34.6 Å². The van der Waals surface area contributed by atoms with E-state index in [1.807, 2.05) is 18.8 Å². The van der Waals surface area contributed by atoms with Crippen LogP contribution in [0.15, 0.2) is 18.2 Å². The summed E-state index contributed by atoms with van der Waals surface area (Å²) in [6, 6.07) is 5.33. The normalized spacial score (nSPS) is 13.1. The number of halogens is 2. The molecule has 4 heteroatoms. The van der Waals surface area contributed by atoms with Gasteiger partial charge in [0.2, 0.25) is 0 Å². The monoisotopic (exact) mass is 275 g/mol. The van der Waals surface area contributed by atoms with Crippen molar-refractivity contribution in [2.45, 2.75) is 31.6 Å². The highest BCUT2D eigenvalue weighted by Crippen LogP contribution is 2.18. The van der Waals surface area contributed by atoms with Crippen LogP contribution < -0.4 is 5.32 Å². The lowest BCUT2D eigenvalue weighted by molar-refractivity contribution is 0.609. The van der Waals surface area contributed by atoms with E-state index < -0.39 is 0 Å². The molecule has 1 rings (SSSR count). The van der Waals surface area contributed by atoms with Gasteiger partial charge in [-0.1, -0.05) is 31.5 Å². The predicted octanol–water partition coefficient (Wildman–Crippen LogP) is 3.75. The molecule has 0 spiro atoms. The number of nitrogens with one attached hydrogen (secondary N) is 1. The molecule has 0 aromatic heterocycles. The second kappa shape index (κ2) is 7.24. The zero-order valence-corrected chi connectivity index (χ0v) is 12.0. The van der Waals surface area contributed by atoms with Crippen LogP contribution >= 0.6 is 23.4 Å². The molecule has 0 fully saturated rings. The number of hydrogen-bond donors (Lipinski definition) is 1. The second-order valence-electron chi connectivity index (χ2n) is 4.32. The summed E-state index contributed by atoms with van der Waals surface area (Å²) < 4.78 is 13.0. The zero-order chi connectivity index (χ0) is 12.8. The molecule has 17 heavy (non-hydrogen) atoms.